The van der Waals surface area contributed by atoms with Crippen molar-refractivity contribution in [1.82, 2.24) is 4.98 Å². The number of nitrogens with zero attached hydrogens (tertiary/aromatic N) is 2. The number of aromatic nitrogens is 1. The summed E-state index contributed by atoms with van der Waals surface area (Å²) in [7, 11) is 0. The number of nitrogens with one attached hydrogen (secondary N) is 2. The zero-order chi connectivity index (χ0) is 18.9. The highest BCUT2D eigenvalue weighted by Crippen LogP contribution is 2.20. The Morgan fingerprint density at radius 1 is 1.19 bits per heavy atom. The highest BCUT2D eigenvalue weighted by molar-refractivity contribution is 5.93. The minimum Gasteiger partial charge on any atom is -0.370 e. The highest BCUT2D eigenvalue weighted by Gasteiger charge is 2.04. The minimum absolute atomic E-state index is 0.143. The average molecular weight is 353 g/mol. The molecule has 0 fully saturated rings. The predicted molar refractivity (Wildman–Crippen MR) is 107 cm³/mol. The second-order valence-corrected chi connectivity index (χ2v) is 6.34. The van der Waals surface area contributed by atoms with Crippen LogP contribution in [0, 0.1) is 6.92 Å². The molecule has 0 saturated carbocycles. The molecule has 1 aromatic heterocycles. The molecule has 1 amide bonds. The standard InChI is InChI=1S/C20H27N5O/c1-4-15(3)16-6-8-17(9-7-16)24-20(21)22-12-11-19(26)25-18-10-5-14(2)13-23-18/h5-10,13,15H,4,11-12H2,1-3H3,(H3,21,22,24)(H,23,25,26). The fourth-order valence-corrected chi connectivity index (χ4v) is 2.34. The first kappa shape index (κ1) is 19.4. The van der Waals surface area contributed by atoms with E-state index >= 15 is 0 Å². The Labute approximate surface area is 154 Å². The number of benzene rings is 1. The first-order chi connectivity index (χ1) is 12.5. The largest absolute Gasteiger partial charge is 0.370 e. The zero-order valence-electron chi connectivity index (χ0n) is 15.6. The van der Waals surface area contributed by atoms with Crippen LogP contribution in [-0.4, -0.2) is 23.4 Å². The van der Waals surface area contributed by atoms with E-state index in [0.717, 1.165) is 17.7 Å². The number of carbonyl (C=O) groups excluding carboxylic acids is 1. The summed E-state index contributed by atoms with van der Waals surface area (Å²) >= 11 is 0. The number of carbonyl (C=O) groups is 1. The van der Waals surface area contributed by atoms with E-state index in [1.54, 1.807) is 12.3 Å². The maximum absolute atomic E-state index is 11.9. The number of pyridine rings is 1. The van der Waals surface area contributed by atoms with Gasteiger partial charge in [-0.1, -0.05) is 32.0 Å². The Kier molecular flexibility index (Phi) is 7.14. The van der Waals surface area contributed by atoms with Crippen molar-refractivity contribution in [2.75, 3.05) is 17.2 Å². The molecule has 1 heterocycles. The first-order valence-corrected chi connectivity index (χ1v) is 8.87. The van der Waals surface area contributed by atoms with Crippen molar-refractivity contribution in [3.63, 3.8) is 0 Å². The van der Waals surface area contributed by atoms with Crippen LogP contribution in [0.5, 0.6) is 0 Å². The van der Waals surface area contributed by atoms with Crippen molar-refractivity contribution in [2.45, 2.75) is 39.5 Å². The van der Waals surface area contributed by atoms with Crippen molar-refractivity contribution in [3.8, 4) is 0 Å². The molecule has 0 aliphatic carbocycles. The van der Waals surface area contributed by atoms with Gasteiger partial charge in [0.15, 0.2) is 5.96 Å². The Morgan fingerprint density at radius 2 is 1.92 bits per heavy atom. The van der Waals surface area contributed by atoms with Gasteiger partial charge in [0.25, 0.3) is 0 Å². The van der Waals surface area contributed by atoms with Gasteiger partial charge < -0.3 is 16.4 Å². The number of nitrogens with two attached hydrogens (primary N) is 1. The molecule has 6 nitrogen and oxygen atoms in total. The van der Waals surface area contributed by atoms with Gasteiger partial charge in [-0.05, 0) is 48.6 Å². The summed E-state index contributed by atoms with van der Waals surface area (Å²) in [6.07, 6.45) is 3.06. The lowest BCUT2D eigenvalue weighted by atomic mass is 9.99. The lowest BCUT2D eigenvalue weighted by Crippen LogP contribution is -2.23. The van der Waals surface area contributed by atoms with Crippen LogP contribution in [-0.2, 0) is 4.79 Å². The molecule has 26 heavy (non-hydrogen) atoms. The second-order valence-electron chi connectivity index (χ2n) is 6.34. The van der Waals surface area contributed by atoms with Crippen LogP contribution >= 0.6 is 0 Å². The van der Waals surface area contributed by atoms with Crippen LogP contribution in [0.2, 0.25) is 0 Å². The summed E-state index contributed by atoms with van der Waals surface area (Å²) in [6, 6.07) is 11.8. The van der Waals surface area contributed by atoms with E-state index in [-0.39, 0.29) is 12.3 Å². The zero-order valence-corrected chi connectivity index (χ0v) is 15.6. The van der Waals surface area contributed by atoms with Crippen molar-refractivity contribution < 1.29 is 4.79 Å². The number of hydrogen-bond donors (Lipinski definition) is 3. The second kappa shape index (κ2) is 9.56. The predicted octanol–water partition coefficient (Wildman–Crippen LogP) is 3.66. The van der Waals surface area contributed by atoms with E-state index in [1.807, 2.05) is 25.1 Å². The molecule has 1 unspecified atom stereocenters. The fraction of sp³-hybridized carbons (Fsp3) is 0.350. The number of rotatable bonds is 7. The van der Waals surface area contributed by atoms with E-state index in [2.05, 4.69) is 46.6 Å². The Morgan fingerprint density at radius 3 is 2.54 bits per heavy atom. The summed E-state index contributed by atoms with van der Waals surface area (Å²) in [5.41, 5.74) is 9.11. The highest BCUT2D eigenvalue weighted by atomic mass is 16.1. The van der Waals surface area contributed by atoms with Crippen LogP contribution in [0.1, 0.15) is 43.7 Å². The van der Waals surface area contributed by atoms with E-state index in [9.17, 15) is 4.79 Å². The van der Waals surface area contributed by atoms with Gasteiger partial charge in [-0.2, -0.15) is 0 Å². The molecule has 1 aromatic carbocycles. The van der Waals surface area contributed by atoms with Crippen LogP contribution in [0.4, 0.5) is 11.5 Å². The fourth-order valence-electron chi connectivity index (χ4n) is 2.34. The molecule has 0 radical (unpaired) electrons. The maximum Gasteiger partial charge on any atom is 0.227 e. The van der Waals surface area contributed by atoms with Crippen LogP contribution in [0.25, 0.3) is 0 Å². The Balaban J connectivity index is 1.78. The number of guanidine groups is 1. The minimum atomic E-state index is -0.143. The first-order valence-electron chi connectivity index (χ1n) is 8.87. The van der Waals surface area contributed by atoms with Gasteiger partial charge in [0.1, 0.15) is 5.82 Å². The molecular formula is C20H27N5O. The Bertz CT molecular complexity index is 738. The Hall–Kier alpha value is -2.89. The molecule has 0 bridgehead atoms. The monoisotopic (exact) mass is 353 g/mol. The summed E-state index contributed by atoms with van der Waals surface area (Å²) in [5.74, 6) is 1.23. The maximum atomic E-state index is 11.9. The van der Waals surface area contributed by atoms with Gasteiger partial charge in [0, 0.05) is 18.3 Å². The van der Waals surface area contributed by atoms with Crippen LogP contribution in [0.15, 0.2) is 47.6 Å². The van der Waals surface area contributed by atoms with Gasteiger partial charge in [-0.3, -0.25) is 9.79 Å². The number of aliphatic imine (C=N–C) groups is 1. The molecule has 0 aliphatic rings. The van der Waals surface area contributed by atoms with Crippen LogP contribution < -0.4 is 16.4 Å². The number of hydrogen-bond acceptors (Lipinski definition) is 3. The number of anilines is 2. The number of aryl methyl sites for hydroxylation is 1. The quantitative estimate of drug-likeness (QED) is 0.523. The van der Waals surface area contributed by atoms with Gasteiger partial charge in [0.2, 0.25) is 5.91 Å². The van der Waals surface area contributed by atoms with E-state index in [0.29, 0.717) is 24.2 Å². The SMILES string of the molecule is CCC(C)c1ccc(NC(N)=NCCC(=O)Nc2ccc(C)cn2)cc1. The summed E-state index contributed by atoms with van der Waals surface area (Å²) < 4.78 is 0. The molecule has 0 aliphatic heterocycles. The van der Waals surface area contributed by atoms with Crippen molar-refractivity contribution in [3.05, 3.63) is 53.7 Å². The van der Waals surface area contributed by atoms with Gasteiger partial charge in [-0.15, -0.1) is 0 Å². The lowest BCUT2D eigenvalue weighted by Gasteiger charge is -2.10. The molecule has 2 aromatic rings. The molecular weight excluding hydrogens is 326 g/mol. The third kappa shape index (κ3) is 6.20. The summed E-state index contributed by atoms with van der Waals surface area (Å²) in [4.78, 5) is 20.2. The molecule has 0 spiro atoms. The molecule has 6 heteroatoms. The molecule has 138 valence electrons. The number of amides is 1. The third-order valence-corrected chi connectivity index (χ3v) is 4.16. The van der Waals surface area contributed by atoms with E-state index in [4.69, 9.17) is 5.73 Å². The van der Waals surface area contributed by atoms with Gasteiger partial charge in [0.05, 0.1) is 6.54 Å². The lowest BCUT2D eigenvalue weighted by molar-refractivity contribution is -0.116. The molecule has 0 saturated heterocycles. The van der Waals surface area contributed by atoms with Crippen LogP contribution in [0.3, 0.4) is 0 Å². The molecule has 2 rings (SSSR count). The smallest absolute Gasteiger partial charge is 0.227 e. The third-order valence-electron chi connectivity index (χ3n) is 4.16. The topological polar surface area (TPSA) is 92.4 Å². The van der Waals surface area contributed by atoms with Gasteiger partial charge >= 0.3 is 0 Å². The normalized spacial score (nSPS) is 12.5. The van der Waals surface area contributed by atoms with Gasteiger partial charge in [-0.25, -0.2) is 4.98 Å². The van der Waals surface area contributed by atoms with Crippen molar-refractivity contribution in [1.29, 1.82) is 0 Å². The molecule has 1 atom stereocenters. The average Bonchev–Trinajstić information content (AvgIpc) is 2.63. The van der Waals surface area contributed by atoms with Crippen molar-refractivity contribution in [2.24, 2.45) is 10.7 Å². The van der Waals surface area contributed by atoms with Crippen molar-refractivity contribution >= 4 is 23.4 Å². The summed E-state index contributed by atoms with van der Waals surface area (Å²) in [6.45, 7) is 6.63. The van der Waals surface area contributed by atoms with E-state index < -0.39 is 0 Å². The summed E-state index contributed by atoms with van der Waals surface area (Å²) in [5, 5.41) is 5.77. The van der Waals surface area contributed by atoms with E-state index in [1.165, 1.54) is 5.56 Å². The molecule has 4 N–H and O–H groups in total.